The van der Waals surface area contributed by atoms with Gasteiger partial charge in [0.15, 0.2) is 0 Å². The molecular weight excluding hydrogens is 234 g/mol. The maximum absolute atomic E-state index is 11.9. The minimum absolute atomic E-state index is 0.00418. The summed E-state index contributed by atoms with van der Waals surface area (Å²) < 4.78 is 0. The van der Waals surface area contributed by atoms with Gasteiger partial charge in [-0.05, 0) is 43.9 Å². The van der Waals surface area contributed by atoms with E-state index < -0.39 is 0 Å². The highest BCUT2D eigenvalue weighted by molar-refractivity contribution is 7.11. The van der Waals surface area contributed by atoms with E-state index >= 15 is 0 Å². The van der Waals surface area contributed by atoms with Crippen molar-refractivity contribution in [1.82, 2.24) is 4.90 Å². The molecule has 0 bridgehead atoms. The molecule has 17 heavy (non-hydrogen) atoms. The van der Waals surface area contributed by atoms with Gasteiger partial charge in [-0.1, -0.05) is 0 Å². The molecule has 1 heterocycles. The number of hydrogen-bond acceptors (Lipinski definition) is 3. The minimum Gasteiger partial charge on any atom is -0.395 e. The van der Waals surface area contributed by atoms with Crippen molar-refractivity contribution in [2.75, 3.05) is 13.2 Å². The first-order valence-corrected chi connectivity index (χ1v) is 6.58. The molecule has 0 aromatic carbocycles. The van der Waals surface area contributed by atoms with Crippen LogP contribution < -0.4 is 0 Å². The molecule has 0 aliphatic heterocycles. The van der Waals surface area contributed by atoms with Gasteiger partial charge in [0.25, 0.3) is 0 Å². The number of carbonyl (C=O) groups excluding carboxylic acids is 1. The summed E-state index contributed by atoms with van der Waals surface area (Å²) in [7, 11) is 0. The summed E-state index contributed by atoms with van der Waals surface area (Å²) in [5.74, 6) is -0.0538. The molecule has 0 fully saturated rings. The van der Waals surface area contributed by atoms with E-state index in [1.807, 2.05) is 38.3 Å². The highest BCUT2D eigenvalue weighted by Crippen LogP contribution is 2.17. The number of amides is 1. The van der Waals surface area contributed by atoms with Crippen LogP contribution in [0.2, 0.25) is 0 Å². The lowest BCUT2D eigenvalue weighted by atomic mass is 10.2. The maximum Gasteiger partial charge on any atom is 0.246 e. The quantitative estimate of drug-likeness (QED) is 0.818. The van der Waals surface area contributed by atoms with Crippen LogP contribution in [-0.4, -0.2) is 35.1 Å². The lowest BCUT2D eigenvalue weighted by Crippen LogP contribution is -2.37. The van der Waals surface area contributed by atoms with Crippen molar-refractivity contribution in [3.63, 3.8) is 0 Å². The van der Waals surface area contributed by atoms with Crippen LogP contribution in [0.5, 0.6) is 0 Å². The molecule has 0 aliphatic rings. The van der Waals surface area contributed by atoms with Crippen LogP contribution in [0.15, 0.2) is 17.5 Å². The Morgan fingerprint density at radius 1 is 1.59 bits per heavy atom. The minimum atomic E-state index is -0.0538. The average molecular weight is 253 g/mol. The summed E-state index contributed by atoms with van der Waals surface area (Å²) in [5, 5.41) is 10.9. The molecule has 0 atom stereocenters. The first-order chi connectivity index (χ1) is 8.06. The van der Waals surface area contributed by atoms with Crippen molar-refractivity contribution >= 4 is 23.3 Å². The standard InChI is InChI=1S/C13H19NO2S/c1-10(2)14(7-8-15)13(16)5-4-12-11(3)6-9-17-12/h4-6,9-10,15H,7-8H2,1-3H3/b5-4+. The fraction of sp³-hybridized carbons (Fsp3) is 0.462. The molecule has 0 aliphatic carbocycles. The van der Waals surface area contributed by atoms with Gasteiger partial charge in [0.2, 0.25) is 5.91 Å². The van der Waals surface area contributed by atoms with Crippen LogP contribution in [0, 0.1) is 6.92 Å². The molecule has 3 nitrogen and oxygen atoms in total. The van der Waals surface area contributed by atoms with Gasteiger partial charge in [-0.15, -0.1) is 11.3 Å². The normalized spacial score (nSPS) is 11.4. The highest BCUT2D eigenvalue weighted by atomic mass is 32.1. The Hall–Kier alpha value is -1.13. The van der Waals surface area contributed by atoms with Crippen molar-refractivity contribution in [2.45, 2.75) is 26.8 Å². The monoisotopic (exact) mass is 253 g/mol. The Kier molecular flexibility index (Phi) is 5.38. The van der Waals surface area contributed by atoms with Crippen molar-refractivity contribution in [2.24, 2.45) is 0 Å². The summed E-state index contributed by atoms with van der Waals surface area (Å²) >= 11 is 1.62. The van der Waals surface area contributed by atoms with E-state index in [0.717, 1.165) is 4.88 Å². The molecule has 0 unspecified atom stereocenters. The Morgan fingerprint density at radius 2 is 2.29 bits per heavy atom. The summed E-state index contributed by atoms with van der Waals surface area (Å²) in [5.41, 5.74) is 1.18. The molecule has 1 aromatic rings. The van der Waals surface area contributed by atoms with Crippen LogP contribution in [0.3, 0.4) is 0 Å². The van der Waals surface area contributed by atoms with Gasteiger partial charge in [-0.3, -0.25) is 4.79 Å². The number of rotatable bonds is 5. The molecule has 0 saturated carbocycles. The SMILES string of the molecule is Cc1ccsc1/C=C/C(=O)N(CCO)C(C)C. The number of aryl methyl sites for hydroxylation is 1. The van der Waals surface area contributed by atoms with Crippen LogP contribution in [0.25, 0.3) is 6.08 Å². The number of nitrogens with zero attached hydrogens (tertiary/aromatic N) is 1. The predicted molar refractivity (Wildman–Crippen MR) is 72.0 cm³/mol. The number of thiophene rings is 1. The fourth-order valence-corrected chi connectivity index (χ4v) is 2.35. The van der Waals surface area contributed by atoms with E-state index in [4.69, 9.17) is 5.11 Å². The third-order valence-corrected chi connectivity index (χ3v) is 3.51. The van der Waals surface area contributed by atoms with Gasteiger partial charge in [-0.25, -0.2) is 0 Å². The molecule has 0 saturated heterocycles. The van der Waals surface area contributed by atoms with Crippen molar-refractivity contribution in [3.8, 4) is 0 Å². The van der Waals surface area contributed by atoms with Crippen molar-refractivity contribution in [1.29, 1.82) is 0 Å². The van der Waals surface area contributed by atoms with Gasteiger partial charge in [-0.2, -0.15) is 0 Å². The number of hydrogen-bond donors (Lipinski definition) is 1. The number of carbonyl (C=O) groups is 1. The maximum atomic E-state index is 11.9. The Bertz CT molecular complexity index is 396. The average Bonchev–Trinajstić information content (AvgIpc) is 2.68. The lowest BCUT2D eigenvalue weighted by Gasteiger charge is -2.24. The van der Waals surface area contributed by atoms with Gasteiger partial charge < -0.3 is 10.0 Å². The topological polar surface area (TPSA) is 40.5 Å². The second-order valence-electron chi connectivity index (χ2n) is 4.15. The zero-order valence-corrected chi connectivity index (χ0v) is 11.3. The van der Waals surface area contributed by atoms with E-state index in [9.17, 15) is 4.79 Å². The van der Waals surface area contributed by atoms with Gasteiger partial charge in [0.05, 0.1) is 6.61 Å². The van der Waals surface area contributed by atoms with E-state index in [1.165, 1.54) is 5.56 Å². The Balaban J connectivity index is 2.70. The van der Waals surface area contributed by atoms with Crippen LogP contribution in [-0.2, 0) is 4.79 Å². The second kappa shape index (κ2) is 6.57. The summed E-state index contributed by atoms with van der Waals surface area (Å²) in [6.07, 6.45) is 3.42. The third-order valence-electron chi connectivity index (χ3n) is 2.53. The zero-order valence-electron chi connectivity index (χ0n) is 10.5. The Labute approximate surface area is 106 Å². The molecule has 1 amide bonds. The van der Waals surface area contributed by atoms with Crippen LogP contribution >= 0.6 is 11.3 Å². The molecule has 94 valence electrons. The largest absolute Gasteiger partial charge is 0.395 e. The molecule has 0 radical (unpaired) electrons. The molecule has 4 heteroatoms. The first-order valence-electron chi connectivity index (χ1n) is 5.70. The lowest BCUT2D eigenvalue weighted by molar-refractivity contribution is -0.128. The zero-order chi connectivity index (χ0) is 12.8. The van der Waals surface area contributed by atoms with Gasteiger partial charge >= 0.3 is 0 Å². The van der Waals surface area contributed by atoms with Gasteiger partial charge in [0, 0.05) is 23.5 Å². The molecular formula is C13H19NO2S. The van der Waals surface area contributed by atoms with E-state index in [2.05, 4.69) is 0 Å². The summed E-state index contributed by atoms with van der Waals surface area (Å²) in [6.45, 7) is 6.28. The van der Waals surface area contributed by atoms with Crippen molar-refractivity contribution in [3.05, 3.63) is 28.0 Å². The molecule has 1 N–H and O–H groups in total. The summed E-state index contributed by atoms with van der Waals surface area (Å²) in [6, 6.07) is 2.13. The van der Waals surface area contributed by atoms with Crippen LogP contribution in [0.4, 0.5) is 0 Å². The molecule has 1 aromatic heterocycles. The number of aliphatic hydroxyl groups is 1. The smallest absolute Gasteiger partial charge is 0.246 e. The number of aliphatic hydroxyl groups excluding tert-OH is 1. The van der Waals surface area contributed by atoms with E-state index in [1.54, 1.807) is 22.3 Å². The summed E-state index contributed by atoms with van der Waals surface area (Å²) in [4.78, 5) is 14.7. The molecule has 1 rings (SSSR count). The third kappa shape index (κ3) is 3.98. The highest BCUT2D eigenvalue weighted by Gasteiger charge is 2.13. The van der Waals surface area contributed by atoms with E-state index in [-0.39, 0.29) is 18.6 Å². The van der Waals surface area contributed by atoms with E-state index in [0.29, 0.717) is 6.54 Å². The second-order valence-corrected chi connectivity index (χ2v) is 5.10. The predicted octanol–water partition coefficient (Wildman–Crippen LogP) is 2.30. The first kappa shape index (κ1) is 13.9. The van der Waals surface area contributed by atoms with Crippen molar-refractivity contribution < 1.29 is 9.90 Å². The van der Waals surface area contributed by atoms with Crippen LogP contribution in [0.1, 0.15) is 24.3 Å². The van der Waals surface area contributed by atoms with Gasteiger partial charge in [0.1, 0.15) is 0 Å². The Morgan fingerprint density at radius 3 is 2.76 bits per heavy atom. The fourth-order valence-electron chi connectivity index (χ4n) is 1.53. The molecule has 0 spiro atoms.